The third-order valence-electron chi connectivity index (χ3n) is 4.41. The van der Waals surface area contributed by atoms with Gasteiger partial charge >= 0.3 is 0 Å². The van der Waals surface area contributed by atoms with Gasteiger partial charge in [0, 0.05) is 18.0 Å². The second-order valence-corrected chi connectivity index (χ2v) is 6.59. The lowest BCUT2D eigenvalue weighted by atomic mass is 9.92. The van der Waals surface area contributed by atoms with Gasteiger partial charge in [-0.15, -0.1) is 0 Å². The van der Waals surface area contributed by atoms with Crippen molar-refractivity contribution in [3.05, 3.63) is 35.1 Å². The minimum Gasteiger partial charge on any atom is -0.347 e. The third kappa shape index (κ3) is 3.62. The van der Waals surface area contributed by atoms with Crippen LogP contribution in [0.25, 0.3) is 0 Å². The Morgan fingerprint density at radius 1 is 1.48 bits per heavy atom. The van der Waals surface area contributed by atoms with E-state index >= 15 is 0 Å². The lowest BCUT2D eigenvalue weighted by molar-refractivity contribution is -0.123. The highest BCUT2D eigenvalue weighted by atomic mass is 19.1. The highest BCUT2D eigenvalue weighted by Gasteiger charge is 2.29. The van der Waals surface area contributed by atoms with Crippen LogP contribution in [-0.2, 0) is 10.3 Å². The molecule has 0 aromatic heterocycles. The van der Waals surface area contributed by atoms with E-state index in [-0.39, 0.29) is 11.7 Å². The van der Waals surface area contributed by atoms with E-state index in [1.165, 1.54) is 0 Å². The molecule has 2 rings (SSSR count). The van der Waals surface area contributed by atoms with Crippen LogP contribution in [0.5, 0.6) is 0 Å². The van der Waals surface area contributed by atoms with Gasteiger partial charge in [0.1, 0.15) is 5.82 Å². The molecule has 1 aromatic carbocycles. The first-order valence-electron chi connectivity index (χ1n) is 7.58. The Labute approximate surface area is 126 Å². The van der Waals surface area contributed by atoms with Crippen LogP contribution in [0.4, 0.5) is 4.39 Å². The van der Waals surface area contributed by atoms with Crippen LogP contribution in [0, 0.1) is 12.7 Å². The van der Waals surface area contributed by atoms with E-state index in [1.807, 2.05) is 19.9 Å². The molecule has 1 N–H and O–H groups in total. The summed E-state index contributed by atoms with van der Waals surface area (Å²) in [5.41, 5.74) is 0.436. The van der Waals surface area contributed by atoms with Gasteiger partial charge < -0.3 is 10.2 Å². The lowest BCUT2D eigenvalue weighted by Crippen LogP contribution is -2.43. The molecule has 1 atom stereocenters. The number of carbonyl (C=O) groups excluding carboxylic acids is 1. The number of nitrogens with one attached hydrogen (secondary N) is 1. The van der Waals surface area contributed by atoms with Crippen LogP contribution in [0.2, 0.25) is 0 Å². The van der Waals surface area contributed by atoms with Gasteiger partial charge in [0.2, 0.25) is 5.91 Å². The largest absolute Gasteiger partial charge is 0.347 e. The van der Waals surface area contributed by atoms with Crippen molar-refractivity contribution in [2.24, 2.45) is 0 Å². The molecule has 1 aliphatic heterocycles. The Morgan fingerprint density at radius 3 is 2.81 bits per heavy atom. The van der Waals surface area contributed by atoms with E-state index in [2.05, 4.69) is 17.3 Å². The monoisotopic (exact) mass is 292 g/mol. The summed E-state index contributed by atoms with van der Waals surface area (Å²) in [4.78, 5) is 14.5. The van der Waals surface area contributed by atoms with Crippen molar-refractivity contribution in [1.82, 2.24) is 10.2 Å². The molecule has 1 saturated heterocycles. The number of nitrogens with zero attached hydrogens (tertiary/aromatic N) is 1. The third-order valence-corrected chi connectivity index (χ3v) is 4.41. The number of hydrogen-bond donors (Lipinski definition) is 1. The summed E-state index contributed by atoms with van der Waals surface area (Å²) in [6.07, 6.45) is 2.68. The molecule has 0 bridgehead atoms. The van der Waals surface area contributed by atoms with Gasteiger partial charge in [-0.2, -0.15) is 0 Å². The maximum absolute atomic E-state index is 14.3. The van der Waals surface area contributed by atoms with E-state index in [0.29, 0.717) is 23.6 Å². The van der Waals surface area contributed by atoms with Crippen LogP contribution < -0.4 is 5.32 Å². The number of likely N-dealkylation sites (tertiary alicyclic amines) is 1. The molecule has 1 aromatic rings. The van der Waals surface area contributed by atoms with E-state index in [9.17, 15) is 9.18 Å². The molecule has 3 nitrogen and oxygen atoms in total. The molecule has 0 spiro atoms. The standard InChI is InChI=1S/C17H25FN2O/c1-12-7-5-9-14(16(12)18)17(2,3)19-15(21)11-13-8-6-10-20(13)4/h5,7,9,13H,6,8,10-11H2,1-4H3,(H,19,21). The van der Waals surface area contributed by atoms with Crippen molar-refractivity contribution >= 4 is 5.91 Å². The highest BCUT2D eigenvalue weighted by molar-refractivity contribution is 5.77. The van der Waals surface area contributed by atoms with Gasteiger partial charge in [0.05, 0.1) is 5.54 Å². The Hall–Kier alpha value is -1.42. The molecule has 4 heteroatoms. The fourth-order valence-electron chi connectivity index (χ4n) is 3.05. The maximum Gasteiger partial charge on any atom is 0.222 e. The molecule has 116 valence electrons. The second-order valence-electron chi connectivity index (χ2n) is 6.59. The van der Waals surface area contributed by atoms with Crippen LogP contribution in [0.15, 0.2) is 18.2 Å². The lowest BCUT2D eigenvalue weighted by Gasteiger charge is -2.29. The smallest absolute Gasteiger partial charge is 0.222 e. The minimum atomic E-state index is -0.704. The quantitative estimate of drug-likeness (QED) is 0.925. The Balaban J connectivity index is 2.06. The van der Waals surface area contributed by atoms with Crippen molar-refractivity contribution in [3.8, 4) is 0 Å². The minimum absolute atomic E-state index is 0.0142. The van der Waals surface area contributed by atoms with Gasteiger partial charge in [0.15, 0.2) is 0 Å². The molecule has 0 radical (unpaired) electrons. The van der Waals surface area contributed by atoms with E-state index in [0.717, 1.165) is 19.4 Å². The van der Waals surface area contributed by atoms with Crippen molar-refractivity contribution in [1.29, 1.82) is 0 Å². The summed E-state index contributed by atoms with van der Waals surface area (Å²) >= 11 is 0. The second kappa shape index (κ2) is 6.14. The molecule has 1 unspecified atom stereocenters. The van der Waals surface area contributed by atoms with Gasteiger partial charge in [-0.25, -0.2) is 4.39 Å². The number of halogens is 1. The predicted molar refractivity (Wildman–Crippen MR) is 82.6 cm³/mol. The number of amides is 1. The highest BCUT2D eigenvalue weighted by Crippen LogP contribution is 2.26. The summed E-state index contributed by atoms with van der Waals surface area (Å²) < 4.78 is 14.3. The van der Waals surface area contributed by atoms with Crippen molar-refractivity contribution in [2.75, 3.05) is 13.6 Å². The molecule has 1 fully saturated rings. The number of carbonyl (C=O) groups is 1. The summed E-state index contributed by atoms with van der Waals surface area (Å²) in [5, 5.41) is 2.98. The first-order chi connectivity index (χ1) is 9.81. The van der Waals surface area contributed by atoms with Crippen molar-refractivity contribution in [2.45, 2.75) is 51.6 Å². The summed E-state index contributed by atoms with van der Waals surface area (Å²) in [6.45, 7) is 6.49. The van der Waals surface area contributed by atoms with Gasteiger partial charge in [-0.05, 0) is 52.8 Å². The fourth-order valence-corrected chi connectivity index (χ4v) is 3.05. The molecular weight excluding hydrogens is 267 g/mol. The average Bonchev–Trinajstić information content (AvgIpc) is 2.77. The van der Waals surface area contributed by atoms with E-state index in [4.69, 9.17) is 0 Å². The van der Waals surface area contributed by atoms with Gasteiger partial charge in [0.25, 0.3) is 0 Å². The zero-order chi connectivity index (χ0) is 15.6. The first-order valence-corrected chi connectivity index (χ1v) is 7.58. The Bertz CT molecular complexity index is 528. The van der Waals surface area contributed by atoms with Gasteiger partial charge in [-0.1, -0.05) is 18.2 Å². The topological polar surface area (TPSA) is 32.3 Å². The zero-order valence-electron chi connectivity index (χ0n) is 13.4. The van der Waals surface area contributed by atoms with E-state index in [1.54, 1.807) is 19.1 Å². The van der Waals surface area contributed by atoms with Crippen LogP contribution in [0.1, 0.15) is 44.2 Å². The van der Waals surface area contributed by atoms with Gasteiger partial charge in [-0.3, -0.25) is 4.79 Å². The summed E-state index contributed by atoms with van der Waals surface area (Å²) in [7, 11) is 2.05. The molecule has 1 aliphatic rings. The molecule has 21 heavy (non-hydrogen) atoms. The predicted octanol–water partition coefficient (Wildman–Crippen LogP) is 2.97. The molecule has 0 aliphatic carbocycles. The maximum atomic E-state index is 14.3. The summed E-state index contributed by atoms with van der Waals surface area (Å²) in [6, 6.07) is 5.61. The zero-order valence-corrected chi connectivity index (χ0v) is 13.4. The normalized spacial score (nSPS) is 19.8. The fraction of sp³-hybridized carbons (Fsp3) is 0.588. The molecular formula is C17H25FN2O. The van der Waals surface area contributed by atoms with Crippen LogP contribution >= 0.6 is 0 Å². The number of hydrogen-bond acceptors (Lipinski definition) is 2. The summed E-state index contributed by atoms with van der Waals surface area (Å²) in [5.74, 6) is -0.250. The van der Waals surface area contributed by atoms with E-state index < -0.39 is 5.54 Å². The molecule has 0 saturated carbocycles. The SMILES string of the molecule is Cc1cccc(C(C)(C)NC(=O)CC2CCCN2C)c1F. The van der Waals surface area contributed by atoms with Crippen LogP contribution in [-0.4, -0.2) is 30.4 Å². The Morgan fingerprint density at radius 2 is 2.19 bits per heavy atom. The Kier molecular flexibility index (Phi) is 4.67. The molecule has 1 amide bonds. The molecule has 1 heterocycles. The number of benzene rings is 1. The average molecular weight is 292 g/mol. The van der Waals surface area contributed by atoms with Crippen molar-refractivity contribution < 1.29 is 9.18 Å². The first kappa shape index (κ1) is 16.0. The number of rotatable bonds is 4. The number of aryl methyl sites for hydroxylation is 1. The van der Waals surface area contributed by atoms with Crippen LogP contribution in [0.3, 0.4) is 0 Å². The van der Waals surface area contributed by atoms with Crippen molar-refractivity contribution in [3.63, 3.8) is 0 Å².